The van der Waals surface area contributed by atoms with Crippen molar-refractivity contribution in [2.45, 2.75) is 365 Å². The van der Waals surface area contributed by atoms with Gasteiger partial charge < -0.3 is 45.1 Å². The zero-order valence-corrected chi connectivity index (χ0v) is 49.0. The van der Waals surface area contributed by atoms with Crippen LogP contribution in [-0.2, 0) is 23.8 Å². The average molecular weight is 1070 g/mol. The second kappa shape index (κ2) is 54.4. The van der Waals surface area contributed by atoms with Crippen molar-refractivity contribution >= 4 is 11.9 Å². The predicted molar refractivity (Wildman–Crippen MR) is 311 cm³/mol. The molecule has 0 spiro atoms. The summed E-state index contributed by atoms with van der Waals surface area (Å²) in [6.07, 6.45) is 54.7. The highest BCUT2D eigenvalue weighted by atomic mass is 16.7. The van der Waals surface area contributed by atoms with Crippen LogP contribution in [0.15, 0.2) is 12.2 Å². The molecule has 7 atom stereocenters. The van der Waals surface area contributed by atoms with Crippen LogP contribution in [0.5, 0.6) is 0 Å². The molecule has 1 fully saturated rings. The van der Waals surface area contributed by atoms with E-state index in [4.69, 9.17) is 14.2 Å². The van der Waals surface area contributed by atoms with Gasteiger partial charge in [-0.3, -0.25) is 9.59 Å². The fourth-order valence-corrected chi connectivity index (χ4v) is 10.5. The quantitative estimate of drug-likeness (QED) is 0.0195. The van der Waals surface area contributed by atoms with Crippen molar-refractivity contribution in [1.82, 2.24) is 5.32 Å². The molecule has 0 aromatic heterocycles. The Hall–Kier alpha value is -1.60. The lowest BCUT2D eigenvalue weighted by molar-refractivity contribution is -0.302. The molecule has 0 radical (unpaired) electrons. The number of allylic oxidation sites excluding steroid dienone is 1. The monoisotopic (exact) mass is 1070 g/mol. The summed E-state index contributed by atoms with van der Waals surface area (Å²) in [7, 11) is 0. The number of esters is 1. The van der Waals surface area contributed by atoms with E-state index in [0.29, 0.717) is 19.4 Å². The maximum atomic E-state index is 13.0. The molecule has 7 unspecified atom stereocenters. The Morgan fingerprint density at radius 3 is 1.24 bits per heavy atom. The third-order valence-electron chi connectivity index (χ3n) is 15.7. The Kier molecular flexibility index (Phi) is 51.8. The maximum Gasteiger partial charge on any atom is 0.305 e. The smallest absolute Gasteiger partial charge is 0.305 e. The highest BCUT2D eigenvalue weighted by Crippen LogP contribution is 2.23. The molecule has 75 heavy (non-hydrogen) atoms. The standard InChI is InChI=1S/C64H123NO10/c1-3-5-7-9-11-13-30-34-38-42-46-50-57(67)56(55-74-64-63(72)62(71)61(70)58(54-66)75-64)65-59(68)51-47-43-39-35-32-28-26-24-22-20-18-16-15-17-19-21-23-25-27-29-33-37-41-45-49-53-73-60(69)52-48-44-40-36-31-14-12-10-8-6-4-2/h46,50,56-58,61-64,66-67,70-72H,3-45,47-49,51-55H2,1-2H3,(H,65,68)/b50-46+. The van der Waals surface area contributed by atoms with Crippen LogP contribution in [0.2, 0.25) is 0 Å². The number of carbonyl (C=O) groups is 2. The minimum Gasteiger partial charge on any atom is -0.466 e. The molecule has 6 N–H and O–H groups in total. The van der Waals surface area contributed by atoms with Crippen molar-refractivity contribution < 1.29 is 49.3 Å². The van der Waals surface area contributed by atoms with Crippen LogP contribution in [0, 0.1) is 0 Å². The summed E-state index contributed by atoms with van der Waals surface area (Å²) in [5.41, 5.74) is 0. The summed E-state index contributed by atoms with van der Waals surface area (Å²) >= 11 is 0. The van der Waals surface area contributed by atoms with Gasteiger partial charge in [0.2, 0.25) is 5.91 Å². The molecular formula is C64H123NO10. The molecule has 0 aromatic carbocycles. The van der Waals surface area contributed by atoms with Crippen LogP contribution in [-0.4, -0.2) is 100 Å². The van der Waals surface area contributed by atoms with Gasteiger partial charge in [0.1, 0.15) is 24.4 Å². The Morgan fingerprint density at radius 2 is 0.840 bits per heavy atom. The molecule has 1 saturated heterocycles. The van der Waals surface area contributed by atoms with Gasteiger partial charge in [0.05, 0.1) is 32.0 Å². The first kappa shape index (κ1) is 71.4. The normalized spacial score (nSPS) is 18.7. The highest BCUT2D eigenvalue weighted by molar-refractivity contribution is 5.76. The molecule has 0 saturated carbocycles. The fourth-order valence-electron chi connectivity index (χ4n) is 10.5. The van der Waals surface area contributed by atoms with Gasteiger partial charge in [-0.2, -0.15) is 0 Å². The Morgan fingerprint density at radius 1 is 0.480 bits per heavy atom. The van der Waals surface area contributed by atoms with E-state index in [-0.39, 0.29) is 18.5 Å². The third-order valence-corrected chi connectivity index (χ3v) is 15.7. The van der Waals surface area contributed by atoms with Gasteiger partial charge in [0.25, 0.3) is 0 Å². The predicted octanol–water partition coefficient (Wildman–Crippen LogP) is 15.5. The van der Waals surface area contributed by atoms with Crippen LogP contribution >= 0.6 is 0 Å². The van der Waals surface area contributed by atoms with E-state index in [1.807, 2.05) is 6.08 Å². The summed E-state index contributed by atoms with van der Waals surface area (Å²) in [6.45, 7) is 4.36. The van der Waals surface area contributed by atoms with Gasteiger partial charge in [0.15, 0.2) is 6.29 Å². The van der Waals surface area contributed by atoms with Gasteiger partial charge in [-0.15, -0.1) is 0 Å². The summed E-state index contributed by atoms with van der Waals surface area (Å²) in [5, 5.41) is 54.4. The number of hydrogen-bond acceptors (Lipinski definition) is 10. The number of amides is 1. The molecule has 0 bridgehead atoms. The third kappa shape index (κ3) is 43.9. The molecule has 11 heteroatoms. The number of aliphatic hydroxyl groups is 5. The zero-order valence-electron chi connectivity index (χ0n) is 49.0. The van der Waals surface area contributed by atoms with Crippen LogP contribution in [0.4, 0.5) is 0 Å². The molecular weight excluding hydrogens is 943 g/mol. The molecule has 1 amide bonds. The van der Waals surface area contributed by atoms with Crippen molar-refractivity contribution in [1.29, 1.82) is 0 Å². The fraction of sp³-hybridized carbons (Fsp3) is 0.938. The summed E-state index contributed by atoms with van der Waals surface area (Å²) in [5.74, 6) is -0.173. The lowest BCUT2D eigenvalue weighted by Crippen LogP contribution is -2.60. The van der Waals surface area contributed by atoms with Crippen LogP contribution in [0.3, 0.4) is 0 Å². The van der Waals surface area contributed by atoms with Crippen molar-refractivity contribution in [2.75, 3.05) is 19.8 Å². The topological polar surface area (TPSA) is 175 Å². The molecule has 11 nitrogen and oxygen atoms in total. The Labute approximate surface area is 461 Å². The van der Waals surface area contributed by atoms with Crippen LogP contribution < -0.4 is 5.32 Å². The van der Waals surface area contributed by atoms with Gasteiger partial charge >= 0.3 is 5.97 Å². The lowest BCUT2D eigenvalue weighted by atomic mass is 9.99. The number of hydrogen-bond donors (Lipinski definition) is 6. The lowest BCUT2D eigenvalue weighted by Gasteiger charge is -2.40. The van der Waals surface area contributed by atoms with E-state index in [0.717, 1.165) is 57.8 Å². The molecule has 1 heterocycles. The van der Waals surface area contributed by atoms with E-state index in [1.54, 1.807) is 6.08 Å². The largest absolute Gasteiger partial charge is 0.466 e. The first-order valence-corrected chi connectivity index (χ1v) is 32.5. The van der Waals surface area contributed by atoms with Crippen LogP contribution in [0.1, 0.15) is 322 Å². The van der Waals surface area contributed by atoms with Crippen LogP contribution in [0.25, 0.3) is 0 Å². The molecule has 1 rings (SSSR count). The van der Waals surface area contributed by atoms with E-state index >= 15 is 0 Å². The van der Waals surface area contributed by atoms with Crippen molar-refractivity contribution in [2.24, 2.45) is 0 Å². The summed E-state index contributed by atoms with van der Waals surface area (Å²) in [4.78, 5) is 25.0. The van der Waals surface area contributed by atoms with E-state index in [1.165, 1.54) is 238 Å². The maximum absolute atomic E-state index is 13.0. The summed E-state index contributed by atoms with van der Waals surface area (Å²) < 4.78 is 16.7. The van der Waals surface area contributed by atoms with Gasteiger partial charge in [-0.1, -0.05) is 289 Å². The minimum atomic E-state index is -1.57. The number of unbranched alkanes of at least 4 members (excludes halogenated alkanes) is 43. The molecule has 444 valence electrons. The number of rotatable bonds is 57. The molecule has 0 aliphatic carbocycles. The van der Waals surface area contributed by atoms with Gasteiger partial charge in [-0.05, 0) is 32.1 Å². The van der Waals surface area contributed by atoms with E-state index < -0.39 is 49.5 Å². The zero-order chi connectivity index (χ0) is 54.5. The van der Waals surface area contributed by atoms with Gasteiger partial charge in [0, 0.05) is 12.8 Å². The van der Waals surface area contributed by atoms with Gasteiger partial charge in [-0.25, -0.2) is 0 Å². The van der Waals surface area contributed by atoms with E-state index in [2.05, 4.69) is 19.2 Å². The number of nitrogens with one attached hydrogen (secondary N) is 1. The Bertz CT molecular complexity index is 1250. The highest BCUT2D eigenvalue weighted by Gasteiger charge is 2.44. The van der Waals surface area contributed by atoms with Crippen molar-refractivity contribution in [3.05, 3.63) is 12.2 Å². The van der Waals surface area contributed by atoms with Crippen molar-refractivity contribution in [3.63, 3.8) is 0 Å². The first-order valence-electron chi connectivity index (χ1n) is 32.5. The number of ether oxygens (including phenoxy) is 3. The molecule has 0 aromatic rings. The first-order chi connectivity index (χ1) is 36.7. The molecule has 1 aliphatic rings. The molecule has 1 aliphatic heterocycles. The number of carbonyl (C=O) groups excluding carboxylic acids is 2. The SMILES string of the molecule is CCCCCCCCCCC/C=C/C(O)C(COC1OC(CO)C(O)C(O)C1O)NC(=O)CCCCCCCCCCCCCCCCCCCCCCCCCCCOC(=O)CCCCCCCCCCCCC. The average Bonchev–Trinajstić information content (AvgIpc) is 3.41. The minimum absolute atomic E-state index is 0.00605. The Balaban J connectivity index is 1.99. The second-order valence-corrected chi connectivity index (χ2v) is 22.8. The second-order valence-electron chi connectivity index (χ2n) is 22.8. The number of aliphatic hydroxyl groups excluding tert-OH is 5. The van der Waals surface area contributed by atoms with Crippen molar-refractivity contribution in [3.8, 4) is 0 Å². The summed E-state index contributed by atoms with van der Waals surface area (Å²) in [6, 6.07) is -0.807. The van der Waals surface area contributed by atoms with E-state index in [9.17, 15) is 35.1 Å².